The second-order valence-corrected chi connectivity index (χ2v) is 7.94. The molecule has 0 radical (unpaired) electrons. The molecule has 2 bridgehead atoms. The third kappa shape index (κ3) is 3.07. The topological polar surface area (TPSA) is 61.9 Å². The third-order valence-electron chi connectivity index (χ3n) is 6.34. The normalized spacial score (nSPS) is 32.2. The van der Waals surface area contributed by atoms with Crippen molar-refractivity contribution < 1.29 is 0 Å². The lowest BCUT2D eigenvalue weighted by Gasteiger charge is -2.62. The van der Waals surface area contributed by atoms with Crippen LogP contribution < -0.4 is 11.1 Å². The number of rotatable bonds is 5. The first kappa shape index (κ1) is 16.3. The van der Waals surface area contributed by atoms with E-state index in [4.69, 9.17) is 11.1 Å². The molecule has 0 aromatic heterocycles. The molecule has 4 N–H and O–H groups in total. The predicted octanol–water partition coefficient (Wildman–Crippen LogP) is 3.56. The zero-order valence-corrected chi connectivity index (χ0v) is 14.5. The molecule has 3 aliphatic rings. The first-order chi connectivity index (χ1) is 10.9. The molecule has 3 aliphatic carbocycles. The lowest BCUT2D eigenvalue weighted by Crippen LogP contribution is -2.60. The third-order valence-corrected chi connectivity index (χ3v) is 6.34. The summed E-state index contributed by atoms with van der Waals surface area (Å²) < 4.78 is 0. The van der Waals surface area contributed by atoms with E-state index < -0.39 is 0 Å². The van der Waals surface area contributed by atoms with Crippen molar-refractivity contribution in [2.45, 2.75) is 39.7 Å². The number of hydrogen-bond donors (Lipinski definition) is 3. The molecule has 1 unspecified atom stereocenters. The largest absolute Gasteiger partial charge is 0.401 e. The van der Waals surface area contributed by atoms with Crippen molar-refractivity contribution in [1.29, 1.82) is 5.41 Å². The lowest BCUT2D eigenvalue weighted by molar-refractivity contribution is -0.114. The van der Waals surface area contributed by atoms with E-state index in [1.54, 1.807) is 6.08 Å². The minimum Gasteiger partial charge on any atom is -0.401 e. The quantitative estimate of drug-likeness (QED) is 0.728. The first-order valence-corrected chi connectivity index (χ1v) is 8.73. The van der Waals surface area contributed by atoms with Crippen LogP contribution in [0.1, 0.15) is 39.2 Å². The van der Waals surface area contributed by atoms with Crippen molar-refractivity contribution >= 4 is 5.71 Å². The fourth-order valence-corrected chi connectivity index (χ4v) is 4.61. The maximum Gasteiger partial charge on any atom is 0.0629 e. The zero-order chi connectivity index (χ0) is 16.6. The maximum atomic E-state index is 8.13. The highest BCUT2D eigenvalue weighted by Crippen LogP contribution is 2.61. The predicted molar refractivity (Wildman–Crippen MR) is 96.5 cm³/mol. The Morgan fingerprint density at radius 2 is 2.00 bits per heavy atom. The van der Waals surface area contributed by atoms with E-state index in [0.717, 1.165) is 23.1 Å². The molecule has 1 aromatic carbocycles. The average Bonchev–Trinajstić information content (AvgIpc) is 2.54. The Hall–Kier alpha value is -1.61. The van der Waals surface area contributed by atoms with Crippen LogP contribution in [0, 0.1) is 28.6 Å². The second kappa shape index (κ2) is 6.12. The maximum absolute atomic E-state index is 8.13. The van der Waals surface area contributed by atoms with Crippen molar-refractivity contribution in [3.63, 3.8) is 0 Å². The molecule has 0 amide bonds. The molecular formula is C20H29N3. The van der Waals surface area contributed by atoms with Gasteiger partial charge in [-0.05, 0) is 47.6 Å². The fourth-order valence-electron chi connectivity index (χ4n) is 4.61. The standard InChI is InChI=1S/C20H29N3/c1-13-17-9-15(20(17,2)3)10-19(13)23-12-16(21)11-18(22)14-7-5-4-6-8-14/h4-8,11,13,15,17,19,22-23H,9-10,12,21H2,1-3H3/t13-,15+,17-,19?/m1/s1. The van der Waals surface area contributed by atoms with Crippen LogP contribution in [0.3, 0.4) is 0 Å². The Morgan fingerprint density at radius 1 is 1.30 bits per heavy atom. The van der Waals surface area contributed by atoms with Gasteiger partial charge in [0.2, 0.25) is 0 Å². The Labute approximate surface area is 139 Å². The molecule has 4 rings (SSSR count). The fraction of sp³-hybridized carbons (Fsp3) is 0.550. The van der Waals surface area contributed by atoms with E-state index in [-0.39, 0.29) is 0 Å². The molecule has 3 nitrogen and oxygen atoms in total. The Kier molecular flexibility index (Phi) is 4.33. The molecule has 0 aliphatic heterocycles. The van der Waals surface area contributed by atoms with Gasteiger partial charge in [-0.15, -0.1) is 0 Å². The van der Waals surface area contributed by atoms with Gasteiger partial charge in [0.25, 0.3) is 0 Å². The van der Waals surface area contributed by atoms with Crippen molar-refractivity contribution in [1.82, 2.24) is 5.32 Å². The van der Waals surface area contributed by atoms with Gasteiger partial charge in [0.15, 0.2) is 0 Å². The average molecular weight is 311 g/mol. The molecule has 4 atom stereocenters. The molecule has 3 saturated carbocycles. The molecule has 0 heterocycles. The highest BCUT2D eigenvalue weighted by atomic mass is 15.0. The summed E-state index contributed by atoms with van der Waals surface area (Å²) in [5.74, 6) is 2.40. The monoisotopic (exact) mass is 311 g/mol. The highest BCUT2D eigenvalue weighted by Gasteiger charge is 2.55. The minimum atomic E-state index is 0.477. The second-order valence-electron chi connectivity index (χ2n) is 7.94. The molecule has 23 heavy (non-hydrogen) atoms. The number of benzene rings is 1. The van der Waals surface area contributed by atoms with Crippen LogP contribution in [0.15, 0.2) is 42.1 Å². The van der Waals surface area contributed by atoms with E-state index in [0.29, 0.717) is 29.6 Å². The molecule has 124 valence electrons. The summed E-state index contributed by atoms with van der Waals surface area (Å²) in [6, 6.07) is 10.3. The van der Waals surface area contributed by atoms with Gasteiger partial charge in [0.1, 0.15) is 0 Å². The summed E-state index contributed by atoms with van der Waals surface area (Å²) in [6.45, 7) is 7.90. The zero-order valence-electron chi connectivity index (χ0n) is 14.5. The summed E-state index contributed by atoms with van der Waals surface area (Å²) in [6.07, 6.45) is 4.44. The molecular weight excluding hydrogens is 282 g/mol. The number of allylic oxidation sites excluding steroid dienone is 1. The number of nitrogens with one attached hydrogen (secondary N) is 2. The molecule has 3 fully saturated rings. The van der Waals surface area contributed by atoms with Gasteiger partial charge in [0.05, 0.1) is 5.71 Å². The van der Waals surface area contributed by atoms with Crippen molar-refractivity contribution in [2.75, 3.05) is 6.54 Å². The van der Waals surface area contributed by atoms with E-state index in [1.165, 1.54) is 12.8 Å². The lowest BCUT2D eigenvalue weighted by atomic mass is 9.45. The number of fused-ring (bicyclic) bond motifs is 2. The van der Waals surface area contributed by atoms with Crippen LogP contribution in [0.25, 0.3) is 0 Å². The summed E-state index contributed by atoms with van der Waals surface area (Å²) >= 11 is 0. The Morgan fingerprint density at radius 3 is 2.61 bits per heavy atom. The van der Waals surface area contributed by atoms with Gasteiger partial charge < -0.3 is 16.5 Å². The molecule has 3 heteroatoms. The van der Waals surface area contributed by atoms with Gasteiger partial charge in [-0.3, -0.25) is 0 Å². The van der Waals surface area contributed by atoms with Crippen molar-refractivity contribution in [3.8, 4) is 0 Å². The van der Waals surface area contributed by atoms with E-state index in [2.05, 4.69) is 26.1 Å². The van der Waals surface area contributed by atoms with E-state index in [1.807, 2.05) is 30.3 Å². The van der Waals surface area contributed by atoms with Crippen LogP contribution in [0.5, 0.6) is 0 Å². The first-order valence-electron chi connectivity index (χ1n) is 8.73. The highest BCUT2D eigenvalue weighted by molar-refractivity contribution is 6.06. The summed E-state index contributed by atoms with van der Waals surface area (Å²) in [4.78, 5) is 0. The summed E-state index contributed by atoms with van der Waals surface area (Å²) in [7, 11) is 0. The Bertz CT molecular complexity index is 603. The van der Waals surface area contributed by atoms with Gasteiger partial charge in [-0.2, -0.15) is 0 Å². The van der Waals surface area contributed by atoms with E-state index in [9.17, 15) is 0 Å². The van der Waals surface area contributed by atoms with Crippen molar-refractivity contribution in [2.24, 2.45) is 28.9 Å². The van der Waals surface area contributed by atoms with Crippen LogP contribution in [0.2, 0.25) is 0 Å². The smallest absolute Gasteiger partial charge is 0.0629 e. The van der Waals surface area contributed by atoms with Crippen LogP contribution in [0.4, 0.5) is 0 Å². The van der Waals surface area contributed by atoms with Gasteiger partial charge in [0, 0.05) is 18.3 Å². The van der Waals surface area contributed by atoms with Gasteiger partial charge >= 0.3 is 0 Å². The van der Waals surface area contributed by atoms with Crippen LogP contribution >= 0.6 is 0 Å². The van der Waals surface area contributed by atoms with Gasteiger partial charge in [-0.25, -0.2) is 0 Å². The number of nitrogens with two attached hydrogens (primary N) is 1. The molecule has 1 aromatic rings. The van der Waals surface area contributed by atoms with Gasteiger partial charge in [-0.1, -0.05) is 51.1 Å². The summed E-state index contributed by atoms with van der Waals surface area (Å²) in [5.41, 5.74) is 8.78. The van der Waals surface area contributed by atoms with Crippen LogP contribution in [-0.2, 0) is 0 Å². The van der Waals surface area contributed by atoms with Crippen molar-refractivity contribution in [3.05, 3.63) is 47.7 Å². The Balaban J connectivity index is 1.55. The molecule has 0 spiro atoms. The number of hydrogen-bond acceptors (Lipinski definition) is 3. The molecule has 0 saturated heterocycles. The van der Waals surface area contributed by atoms with E-state index >= 15 is 0 Å². The van der Waals surface area contributed by atoms with Crippen LogP contribution in [-0.4, -0.2) is 18.3 Å². The SMILES string of the molecule is C[C@H]1C(NCC(N)=CC(=N)c2ccccc2)C[C@@H]2C[C@H]1C2(C)C. The minimum absolute atomic E-state index is 0.477. The summed E-state index contributed by atoms with van der Waals surface area (Å²) in [5, 5.41) is 11.8.